The summed E-state index contributed by atoms with van der Waals surface area (Å²) in [6.45, 7) is 0. The van der Waals surface area contributed by atoms with Crippen LogP contribution < -0.4 is 0 Å². The van der Waals surface area contributed by atoms with Gasteiger partial charge in [0, 0.05) is 36.1 Å². The monoisotopic (exact) mass is 364 g/mol. The Labute approximate surface area is 162 Å². The van der Waals surface area contributed by atoms with E-state index in [1.165, 1.54) is 0 Å². The fourth-order valence-electron chi connectivity index (χ4n) is 2.86. The van der Waals surface area contributed by atoms with Crippen molar-refractivity contribution in [2.24, 2.45) is 7.05 Å². The molecule has 0 unspecified atom stereocenters. The molecule has 28 heavy (non-hydrogen) atoms. The average Bonchev–Trinajstić information content (AvgIpc) is 3.15. The Morgan fingerprint density at radius 3 is 2.11 bits per heavy atom. The Morgan fingerprint density at radius 1 is 0.893 bits per heavy atom. The van der Waals surface area contributed by atoms with Crippen LogP contribution in [-0.4, -0.2) is 24.7 Å². The van der Waals surface area contributed by atoms with Crippen molar-refractivity contribution in [3.63, 3.8) is 0 Å². The maximum absolute atomic E-state index is 9.64. The first-order chi connectivity index (χ1) is 13.8. The summed E-state index contributed by atoms with van der Waals surface area (Å²) in [5.74, 6) is 1.84. The Bertz CT molecular complexity index is 1150. The fourth-order valence-corrected chi connectivity index (χ4v) is 2.86. The molecule has 0 fully saturated rings. The zero-order chi connectivity index (χ0) is 19.3. The molecule has 0 saturated carbocycles. The van der Waals surface area contributed by atoms with Crippen molar-refractivity contribution >= 4 is 11.6 Å². The lowest BCUT2D eigenvalue weighted by Crippen LogP contribution is -1.98. The number of benzene rings is 2. The number of hydrogen-bond acceptors (Lipinski definition) is 5. The van der Waals surface area contributed by atoms with E-state index in [2.05, 4.69) is 26.2 Å². The Morgan fingerprint density at radius 2 is 1.50 bits per heavy atom. The van der Waals surface area contributed by atoms with E-state index < -0.39 is 0 Å². The minimum Gasteiger partial charge on any atom is -0.310 e. The van der Waals surface area contributed by atoms with Crippen molar-refractivity contribution in [2.45, 2.75) is 0 Å². The van der Waals surface area contributed by atoms with Crippen molar-refractivity contribution in [3.8, 4) is 28.8 Å². The summed E-state index contributed by atoms with van der Waals surface area (Å²) in [5, 5.41) is 18.1. The van der Waals surface area contributed by atoms with Crippen LogP contribution in [0.3, 0.4) is 0 Å². The maximum atomic E-state index is 9.64. The zero-order valence-corrected chi connectivity index (χ0v) is 15.2. The van der Waals surface area contributed by atoms with E-state index in [1.807, 2.05) is 72.3 Å². The number of aromatic nitrogens is 5. The van der Waals surface area contributed by atoms with E-state index in [-0.39, 0.29) is 0 Å². The molecule has 4 rings (SSSR count). The molecule has 0 N–H and O–H groups in total. The molecular weight excluding hydrogens is 348 g/mol. The van der Waals surface area contributed by atoms with Gasteiger partial charge in [-0.05, 0) is 6.08 Å². The van der Waals surface area contributed by atoms with E-state index in [0.717, 1.165) is 16.7 Å². The number of nitrogens with zero attached hydrogens (tertiary/aromatic N) is 6. The lowest BCUT2D eigenvalue weighted by Gasteiger charge is -2.04. The normalized spacial score (nSPS) is 11.2. The number of hydrogen-bond donors (Lipinski definition) is 0. The lowest BCUT2D eigenvalue weighted by atomic mass is 10.1. The second-order valence-electron chi connectivity index (χ2n) is 6.15. The molecule has 0 atom stereocenters. The first kappa shape index (κ1) is 17.3. The summed E-state index contributed by atoms with van der Waals surface area (Å²) >= 11 is 0. The molecule has 2 aromatic heterocycles. The SMILES string of the molecule is Cn1c(/C(C#N)=C\c2cnc(-c3ccccc3)nc2)nnc1-c1ccccc1. The molecule has 0 amide bonds. The molecule has 0 spiro atoms. The van der Waals surface area contributed by atoms with Crippen molar-refractivity contribution in [1.82, 2.24) is 24.7 Å². The van der Waals surface area contributed by atoms with Crippen LogP contribution in [0, 0.1) is 11.3 Å². The molecule has 2 aromatic carbocycles. The molecule has 2 heterocycles. The van der Waals surface area contributed by atoms with E-state index in [4.69, 9.17) is 0 Å². The van der Waals surface area contributed by atoms with E-state index in [9.17, 15) is 5.26 Å². The van der Waals surface area contributed by atoms with Crippen LogP contribution in [0.15, 0.2) is 73.1 Å². The molecule has 134 valence electrons. The van der Waals surface area contributed by atoms with Crippen molar-refractivity contribution in [1.29, 1.82) is 5.26 Å². The van der Waals surface area contributed by atoms with Gasteiger partial charge in [-0.3, -0.25) is 0 Å². The maximum Gasteiger partial charge on any atom is 0.174 e. The summed E-state index contributed by atoms with van der Waals surface area (Å²) in [5.41, 5.74) is 3.00. The lowest BCUT2D eigenvalue weighted by molar-refractivity contribution is 0.901. The van der Waals surface area contributed by atoms with Gasteiger partial charge in [0.15, 0.2) is 17.5 Å². The third-order valence-corrected chi connectivity index (χ3v) is 4.28. The average molecular weight is 364 g/mol. The second-order valence-corrected chi connectivity index (χ2v) is 6.15. The Kier molecular flexibility index (Phi) is 4.72. The van der Waals surface area contributed by atoms with Crippen LogP contribution in [0.5, 0.6) is 0 Å². The van der Waals surface area contributed by atoms with Gasteiger partial charge in [0.05, 0.1) is 5.57 Å². The predicted octanol–water partition coefficient (Wildman–Crippen LogP) is 4.00. The first-order valence-electron chi connectivity index (χ1n) is 8.70. The summed E-state index contributed by atoms with van der Waals surface area (Å²) in [4.78, 5) is 8.79. The molecule has 6 heteroatoms. The number of allylic oxidation sites excluding steroid dienone is 1. The molecular formula is C22H16N6. The fraction of sp³-hybridized carbons (Fsp3) is 0.0455. The van der Waals surface area contributed by atoms with Crippen molar-refractivity contribution in [2.75, 3.05) is 0 Å². The second kappa shape index (κ2) is 7.64. The van der Waals surface area contributed by atoms with Gasteiger partial charge >= 0.3 is 0 Å². The standard InChI is InChI=1S/C22H16N6/c1-28-21(18-10-6-3-7-11-18)26-27-22(28)19(13-23)12-16-14-24-20(25-15-16)17-8-4-2-5-9-17/h2-12,14-15H,1H3/b19-12-. The molecule has 0 aliphatic heterocycles. The van der Waals surface area contributed by atoms with Crippen molar-refractivity contribution in [3.05, 3.63) is 84.4 Å². The molecule has 0 aliphatic rings. The minimum atomic E-state index is 0.397. The third kappa shape index (κ3) is 3.41. The van der Waals surface area contributed by atoms with Crippen LogP contribution in [-0.2, 0) is 7.05 Å². The molecule has 0 saturated heterocycles. The van der Waals surface area contributed by atoms with Crippen LogP contribution in [0.1, 0.15) is 11.4 Å². The summed E-state index contributed by atoms with van der Waals surface area (Å²) in [7, 11) is 1.85. The predicted molar refractivity (Wildman–Crippen MR) is 107 cm³/mol. The summed E-state index contributed by atoms with van der Waals surface area (Å²) in [6.07, 6.45) is 5.11. The number of nitriles is 1. The highest BCUT2D eigenvalue weighted by Gasteiger charge is 2.14. The first-order valence-corrected chi connectivity index (χ1v) is 8.70. The summed E-state index contributed by atoms with van der Waals surface area (Å²) < 4.78 is 1.81. The van der Waals surface area contributed by atoms with Gasteiger partial charge in [0.25, 0.3) is 0 Å². The van der Waals surface area contributed by atoms with Crippen LogP contribution in [0.25, 0.3) is 34.4 Å². The van der Waals surface area contributed by atoms with E-state index in [0.29, 0.717) is 23.0 Å². The number of rotatable bonds is 4. The Hall–Kier alpha value is -4.11. The molecule has 4 aromatic rings. The van der Waals surface area contributed by atoms with E-state index >= 15 is 0 Å². The minimum absolute atomic E-state index is 0.397. The van der Waals surface area contributed by atoms with Crippen LogP contribution in [0.4, 0.5) is 0 Å². The van der Waals surface area contributed by atoms with Crippen LogP contribution in [0.2, 0.25) is 0 Å². The Balaban J connectivity index is 1.66. The smallest absolute Gasteiger partial charge is 0.174 e. The molecule has 0 aliphatic carbocycles. The van der Waals surface area contributed by atoms with Gasteiger partial charge in [0.2, 0.25) is 0 Å². The largest absolute Gasteiger partial charge is 0.310 e. The van der Waals surface area contributed by atoms with Gasteiger partial charge in [-0.15, -0.1) is 10.2 Å². The summed E-state index contributed by atoms with van der Waals surface area (Å²) in [6, 6.07) is 21.7. The van der Waals surface area contributed by atoms with Gasteiger partial charge in [-0.1, -0.05) is 60.7 Å². The molecule has 0 radical (unpaired) electrons. The topological polar surface area (TPSA) is 80.3 Å². The van der Waals surface area contributed by atoms with Gasteiger partial charge in [-0.2, -0.15) is 5.26 Å². The molecule has 6 nitrogen and oxygen atoms in total. The third-order valence-electron chi connectivity index (χ3n) is 4.28. The van der Waals surface area contributed by atoms with Crippen LogP contribution >= 0.6 is 0 Å². The quantitative estimate of drug-likeness (QED) is 0.511. The van der Waals surface area contributed by atoms with Crippen molar-refractivity contribution < 1.29 is 0 Å². The highest BCUT2D eigenvalue weighted by atomic mass is 15.3. The van der Waals surface area contributed by atoms with Gasteiger partial charge in [0.1, 0.15) is 6.07 Å². The zero-order valence-electron chi connectivity index (χ0n) is 15.2. The van der Waals surface area contributed by atoms with E-state index in [1.54, 1.807) is 18.5 Å². The van der Waals surface area contributed by atoms with Gasteiger partial charge in [-0.25, -0.2) is 9.97 Å². The molecule has 0 bridgehead atoms. The highest BCUT2D eigenvalue weighted by Crippen LogP contribution is 2.22. The van der Waals surface area contributed by atoms with Gasteiger partial charge < -0.3 is 4.57 Å². The highest BCUT2D eigenvalue weighted by molar-refractivity contribution is 5.87.